The minimum Gasteiger partial charge on any atom is -0.325 e. The number of alkyl halides is 3. The summed E-state index contributed by atoms with van der Waals surface area (Å²) >= 11 is 0. The number of hydrogen-bond acceptors (Lipinski definition) is 2. The predicted molar refractivity (Wildman–Crippen MR) is 63.7 cm³/mol. The van der Waals surface area contributed by atoms with Crippen molar-refractivity contribution in [2.45, 2.75) is 25.4 Å². The molecular formula is C12H14F3N3O. The zero-order chi connectivity index (χ0) is 13.9. The summed E-state index contributed by atoms with van der Waals surface area (Å²) in [4.78, 5) is 16.9. The summed E-state index contributed by atoms with van der Waals surface area (Å²) in [5.74, 6) is 0. The van der Waals surface area contributed by atoms with Gasteiger partial charge in [0.15, 0.2) is 0 Å². The maximum atomic E-state index is 12.7. The molecule has 2 rings (SSSR count). The van der Waals surface area contributed by atoms with Crippen LogP contribution in [-0.2, 0) is 6.18 Å². The largest absolute Gasteiger partial charge is 0.419 e. The van der Waals surface area contributed by atoms with Crippen LogP contribution in [0.4, 0.5) is 23.7 Å². The summed E-state index contributed by atoms with van der Waals surface area (Å²) in [7, 11) is 0. The summed E-state index contributed by atoms with van der Waals surface area (Å²) < 4.78 is 38.2. The normalized spacial score (nSPS) is 16.3. The number of anilines is 1. The van der Waals surface area contributed by atoms with Crippen LogP contribution in [-0.4, -0.2) is 29.0 Å². The van der Waals surface area contributed by atoms with Crippen molar-refractivity contribution in [1.82, 2.24) is 9.88 Å². The van der Waals surface area contributed by atoms with Crippen molar-refractivity contribution < 1.29 is 18.0 Å². The third-order valence-corrected chi connectivity index (χ3v) is 3.01. The number of amides is 2. The van der Waals surface area contributed by atoms with E-state index in [0.29, 0.717) is 19.3 Å². The molecule has 0 atom stereocenters. The molecule has 0 saturated carbocycles. The number of hydrogen-bond donors (Lipinski definition) is 1. The van der Waals surface area contributed by atoms with Gasteiger partial charge in [0, 0.05) is 25.5 Å². The molecule has 0 spiro atoms. The Labute approximate surface area is 108 Å². The number of likely N-dealkylation sites (tertiary alicyclic amines) is 1. The minimum atomic E-state index is -4.53. The molecule has 1 fully saturated rings. The third kappa shape index (κ3) is 3.36. The summed E-state index contributed by atoms with van der Waals surface area (Å²) in [6, 6.07) is 0.668. The van der Waals surface area contributed by atoms with Crippen molar-refractivity contribution in [2.75, 3.05) is 18.4 Å². The molecule has 1 aromatic rings. The topological polar surface area (TPSA) is 45.2 Å². The van der Waals surface area contributed by atoms with Crippen LogP contribution in [0.1, 0.15) is 24.8 Å². The molecule has 0 bridgehead atoms. The van der Waals surface area contributed by atoms with E-state index in [1.807, 2.05) is 0 Å². The van der Waals surface area contributed by atoms with Crippen molar-refractivity contribution in [1.29, 1.82) is 0 Å². The van der Waals surface area contributed by atoms with E-state index in [1.54, 1.807) is 0 Å². The standard InChI is InChI=1S/C12H14F3N3O/c13-12(14,15)9-8-16-5-4-10(9)17-11(19)18-6-2-1-3-7-18/h4-5,8H,1-3,6-7H2,(H,16,17,19). The van der Waals surface area contributed by atoms with Crippen LogP contribution in [0.3, 0.4) is 0 Å². The van der Waals surface area contributed by atoms with E-state index in [9.17, 15) is 18.0 Å². The second-order valence-electron chi connectivity index (χ2n) is 4.40. The van der Waals surface area contributed by atoms with Crippen molar-refractivity contribution in [3.63, 3.8) is 0 Å². The Bertz CT molecular complexity index is 456. The predicted octanol–water partition coefficient (Wildman–Crippen LogP) is 3.12. The second kappa shape index (κ2) is 5.46. The summed E-state index contributed by atoms with van der Waals surface area (Å²) in [5, 5.41) is 2.31. The first-order chi connectivity index (χ1) is 8.98. The van der Waals surface area contributed by atoms with Crippen LogP contribution in [0.5, 0.6) is 0 Å². The summed E-state index contributed by atoms with van der Waals surface area (Å²) in [6.07, 6.45) is 0.226. The van der Waals surface area contributed by atoms with E-state index >= 15 is 0 Å². The molecule has 1 N–H and O–H groups in total. The number of pyridine rings is 1. The molecule has 1 aromatic heterocycles. The molecule has 4 nitrogen and oxygen atoms in total. The zero-order valence-corrected chi connectivity index (χ0v) is 10.2. The van der Waals surface area contributed by atoms with Gasteiger partial charge in [0.05, 0.1) is 11.3 Å². The van der Waals surface area contributed by atoms with E-state index < -0.39 is 17.8 Å². The molecule has 2 heterocycles. The highest BCUT2D eigenvalue weighted by molar-refractivity contribution is 5.90. The highest BCUT2D eigenvalue weighted by atomic mass is 19.4. The fourth-order valence-electron chi connectivity index (χ4n) is 2.02. The van der Waals surface area contributed by atoms with Crippen LogP contribution in [0.15, 0.2) is 18.5 Å². The first-order valence-corrected chi connectivity index (χ1v) is 6.05. The second-order valence-corrected chi connectivity index (χ2v) is 4.40. The lowest BCUT2D eigenvalue weighted by molar-refractivity contribution is -0.137. The van der Waals surface area contributed by atoms with Gasteiger partial charge in [-0.15, -0.1) is 0 Å². The average molecular weight is 273 g/mol. The fraction of sp³-hybridized carbons (Fsp3) is 0.500. The van der Waals surface area contributed by atoms with E-state index in [0.717, 1.165) is 25.3 Å². The Morgan fingerprint density at radius 1 is 1.26 bits per heavy atom. The quantitative estimate of drug-likeness (QED) is 0.854. The Morgan fingerprint density at radius 2 is 1.95 bits per heavy atom. The summed E-state index contributed by atoms with van der Waals surface area (Å²) in [5.41, 5.74) is -1.18. The number of aromatic nitrogens is 1. The lowest BCUT2D eigenvalue weighted by Gasteiger charge is -2.27. The van der Waals surface area contributed by atoms with Gasteiger partial charge in [0.1, 0.15) is 0 Å². The Morgan fingerprint density at radius 3 is 2.58 bits per heavy atom. The monoisotopic (exact) mass is 273 g/mol. The Kier molecular flexibility index (Phi) is 3.92. The van der Waals surface area contributed by atoms with Crippen molar-refractivity contribution >= 4 is 11.7 Å². The van der Waals surface area contributed by atoms with Crippen molar-refractivity contribution in [3.05, 3.63) is 24.0 Å². The van der Waals surface area contributed by atoms with E-state index in [-0.39, 0.29) is 5.69 Å². The van der Waals surface area contributed by atoms with Crippen molar-refractivity contribution in [2.24, 2.45) is 0 Å². The smallest absolute Gasteiger partial charge is 0.325 e. The summed E-state index contributed by atoms with van der Waals surface area (Å²) in [6.45, 7) is 1.16. The molecule has 0 radical (unpaired) electrons. The first kappa shape index (κ1) is 13.6. The number of halogens is 3. The van der Waals surface area contributed by atoms with Gasteiger partial charge >= 0.3 is 12.2 Å². The molecule has 1 aliphatic heterocycles. The van der Waals surface area contributed by atoms with Gasteiger partial charge in [-0.2, -0.15) is 13.2 Å². The van der Waals surface area contributed by atoms with Gasteiger partial charge in [0.2, 0.25) is 0 Å². The molecule has 1 aliphatic rings. The molecule has 2 amide bonds. The van der Waals surface area contributed by atoms with E-state index in [4.69, 9.17) is 0 Å². The molecule has 19 heavy (non-hydrogen) atoms. The molecule has 0 aliphatic carbocycles. The number of piperidine rings is 1. The molecule has 0 aromatic carbocycles. The van der Waals surface area contributed by atoms with Gasteiger partial charge < -0.3 is 10.2 Å². The highest BCUT2D eigenvalue weighted by Gasteiger charge is 2.34. The van der Waals surface area contributed by atoms with Crippen LogP contribution < -0.4 is 5.32 Å². The highest BCUT2D eigenvalue weighted by Crippen LogP contribution is 2.34. The molecule has 0 unspecified atom stereocenters. The Balaban J connectivity index is 2.12. The Hall–Kier alpha value is -1.79. The maximum Gasteiger partial charge on any atom is 0.419 e. The lowest BCUT2D eigenvalue weighted by atomic mass is 10.1. The van der Waals surface area contributed by atoms with Gasteiger partial charge in [-0.05, 0) is 25.3 Å². The number of nitrogens with one attached hydrogen (secondary N) is 1. The number of urea groups is 1. The maximum absolute atomic E-state index is 12.7. The first-order valence-electron chi connectivity index (χ1n) is 6.05. The van der Waals surface area contributed by atoms with Crippen molar-refractivity contribution in [3.8, 4) is 0 Å². The number of carbonyl (C=O) groups is 1. The van der Waals surface area contributed by atoms with Gasteiger partial charge in [0.25, 0.3) is 0 Å². The number of nitrogens with zero attached hydrogens (tertiary/aromatic N) is 2. The van der Waals surface area contributed by atoms with Gasteiger partial charge in [-0.3, -0.25) is 4.98 Å². The molecule has 1 saturated heterocycles. The lowest BCUT2D eigenvalue weighted by Crippen LogP contribution is -2.39. The SMILES string of the molecule is O=C(Nc1ccncc1C(F)(F)F)N1CCCCC1. The van der Waals surface area contributed by atoms with Crippen LogP contribution in [0, 0.1) is 0 Å². The average Bonchev–Trinajstić information content (AvgIpc) is 2.39. The van der Waals surface area contributed by atoms with Crippen LogP contribution in [0.25, 0.3) is 0 Å². The fourth-order valence-corrected chi connectivity index (χ4v) is 2.02. The molecule has 104 valence electrons. The van der Waals surface area contributed by atoms with Crippen LogP contribution in [0.2, 0.25) is 0 Å². The third-order valence-electron chi connectivity index (χ3n) is 3.01. The van der Waals surface area contributed by atoms with Gasteiger partial charge in [-0.1, -0.05) is 0 Å². The number of carbonyl (C=O) groups excluding carboxylic acids is 1. The van der Waals surface area contributed by atoms with E-state index in [2.05, 4.69) is 10.3 Å². The van der Waals surface area contributed by atoms with Crippen LogP contribution >= 0.6 is 0 Å². The zero-order valence-electron chi connectivity index (χ0n) is 10.2. The number of rotatable bonds is 1. The molecule has 7 heteroatoms. The minimum absolute atomic E-state index is 0.252. The van der Waals surface area contributed by atoms with E-state index in [1.165, 1.54) is 11.1 Å². The molecular weight excluding hydrogens is 259 g/mol. The van der Waals surface area contributed by atoms with Gasteiger partial charge in [-0.25, -0.2) is 4.79 Å².